The highest BCUT2D eigenvalue weighted by Crippen LogP contribution is 2.27. The molecular formula is C13H12BrFN2O3S. The van der Waals surface area contributed by atoms with Crippen LogP contribution in [0.25, 0.3) is 0 Å². The second-order valence-corrected chi connectivity index (χ2v) is 6.78. The van der Waals surface area contributed by atoms with Crippen molar-refractivity contribution in [3.8, 4) is 0 Å². The maximum Gasteiger partial charge on any atom is 0.264 e. The number of rotatable bonds is 4. The zero-order valence-corrected chi connectivity index (χ0v) is 13.1. The number of hydrogen-bond donors (Lipinski definition) is 3. The molecular weight excluding hydrogens is 363 g/mol. The normalized spacial score (nSPS) is 11.4. The Balaban J connectivity index is 2.38. The molecule has 21 heavy (non-hydrogen) atoms. The van der Waals surface area contributed by atoms with Crippen LogP contribution in [0, 0.1) is 5.82 Å². The van der Waals surface area contributed by atoms with E-state index < -0.39 is 20.7 Å². The van der Waals surface area contributed by atoms with E-state index in [0.717, 1.165) is 6.07 Å². The first-order chi connectivity index (χ1) is 9.83. The maximum atomic E-state index is 13.9. The summed E-state index contributed by atoms with van der Waals surface area (Å²) in [5.41, 5.74) is 6.55. The topological polar surface area (TPSA) is 92.4 Å². The van der Waals surface area contributed by atoms with Gasteiger partial charge in [-0.1, -0.05) is 12.1 Å². The summed E-state index contributed by atoms with van der Waals surface area (Å²) in [6, 6.07) is 8.40. The minimum absolute atomic E-state index is 0.0292. The SMILES string of the molecule is Nc1cc(Br)c(F)c(S(=O)(=O)Nc2ccc(CO)cc2)c1. The molecule has 0 unspecified atom stereocenters. The fourth-order valence-corrected chi connectivity index (χ4v) is 3.47. The van der Waals surface area contributed by atoms with Crippen LogP contribution in [0.15, 0.2) is 45.8 Å². The van der Waals surface area contributed by atoms with E-state index >= 15 is 0 Å². The van der Waals surface area contributed by atoms with Gasteiger partial charge >= 0.3 is 0 Å². The van der Waals surface area contributed by atoms with E-state index in [1.54, 1.807) is 12.1 Å². The molecule has 0 saturated carbocycles. The molecule has 2 rings (SSSR count). The van der Waals surface area contributed by atoms with Crippen molar-refractivity contribution in [2.24, 2.45) is 0 Å². The number of halogens is 2. The Morgan fingerprint density at radius 3 is 2.43 bits per heavy atom. The molecule has 0 fully saturated rings. The zero-order valence-electron chi connectivity index (χ0n) is 10.7. The fraction of sp³-hybridized carbons (Fsp3) is 0.0769. The van der Waals surface area contributed by atoms with Crippen LogP contribution >= 0.6 is 15.9 Å². The highest BCUT2D eigenvalue weighted by atomic mass is 79.9. The first-order valence-electron chi connectivity index (χ1n) is 5.80. The molecule has 4 N–H and O–H groups in total. The summed E-state index contributed by atoms with van der Waals surface area (Å²) in [5.74, 6) is -0.913. The standard InChI is InChI=1S/C13H12BrFN2O3S/c14-11-5-9(16)6-12(13(11)15)21(19,20)17-10-3-1-8(7-18)2-4-10/h1-6,17-18H,7,16H2. The van der Waals surface area contributed by atoms with Gasteiger partial charge in [-0.15, -0.1) is 0 Å². The van der Waals surface area contributed by atoms with E-state index in [9.17, 15) is 12.8 Å². The summed E-state index contributed by atoms with van der Waals surface area (Å²) in [6.45, 7) is -0.149. The van der Waals surface area contributed by atoms with Crippen molar-refractivity contribution in [3.05, 3.63) is 52.3 Å². The number of hydrogen-bond acceptors (Lipinski definition) is 4. The van der Waals surface area contributed by atoms with Gasteiger partial charge in [0.1, 0.15) is 4.90 Å². The lowest BCUT2D eigenvalue weighted by atomic mass is 10.2. The zero-order chi connectivity index (χ0) is 15.6. The van der Waals surface area contributed by atoms with Crippen molar-refractivity contribution in [2.45, 2.75) is 11.5 Å². The van der Waals surface area contributed by atoms with Crippen molar-refractivity contribution >= 4 is 37.3 Å². The predicted octanol–water partition coefficient (Wildman–Crippen LogP) is 2.46. The van der Waals surface area contributed by atoms with E-state index in [1.165, 1.54) is 18.2 Å². The molecule has 8 heteroatoms. The number of sulfonamides is 1. The van der Waals surface area contributed by atoms with Crippen LogP contribution in [-0.2, 0) is 16.6 Å². The van der Waals surface area contributed by atoms with Crippen LogP contribution in [0.1, 0.15) is 5.56 Å². The van der Waals surface area contributed by atoms with Gasteiger partial charge in [0.25, 0.3) is 10.0 Å². The van der Waals surface area contributed by atoms with Gasteiger partial charge in [0, 0.05) is 11.4 Å². The summed E-state index contributed by atoms with van der Waals surface area (Å²) in [6.07, 6.45) is 0. The van der Waals surface area contributed by atoms with E-state index in [0.29, 0.717) is 5.56 Å². The van der Waals surface area contributed by atoms with Gasteiger partial charge in [-0.2, -0.15) is 0 Å². The third kappa shape index (κ3) is 3.52. The number of nitrogens with one attached hydrogen (secondary N) is 1. The molecule has 0 bridgehead atoms. The smallest absolute Gasteiger partial charge is 0.264 e. The minimum Gasteiger partial charge on any atom is -0.399 e. The van der Waals surface area contributed by atoms with E-state index in [2.05, 4.69) is 20.7 Å². The summed E-state index contributed by atoms with van der Waals surface area (Å²) >= 11 is 2.92. The van der Waals surface area contributed by atoms with Gasteiger partial charge in [-0.25, -0.2) is 12.8 Å². The van der Waals surface area contributed by atoms with Gasteiger partial charge in [0.15, 0.2) is 5.82 Å². The number of nitrogens with two attached hydrogens (primary N) is 1. The molecule has 112 valence electrons. The summed E-state index contributed by atoms with van der Waals surface area (Å²) in [4.78, 5) is -0.541. The molecule has 0 amide bonds. The second-order valence-electron chi connectivity index (χ2n) is 4.28. The minimum atomic E-state index is -4.11. The molecule has 0 aliphatic rings. The first kappa shape index (κ1) is 15.7. The maximum absolute atomic E-state index is 13.9. The van der Waals surface area contributed by atoms with Crippen LogP contribution in [-0.4, -0.2) is 13.5 Å². The van der Waals surface area contributed by atoms with Gasteiger partial charge in [-0.05, 0) is 45.8 Å². The number of aliphatic hydroxyl groups excluding tert-OH is 1. The Bertz CT molecular complexity index is 764. The molecule has 0 radical (unpaired) electrons. The van der Waals surface area contributed by atoms with Gasteiger partial charge in [-0.3, -0.25) is 4.72 Å². The average molecular weight is 375 g/mol. The molecule has 0 aromatic heterocycles. The number of benzene rings is 2. The second kappa shape index (κ2) is 6.00. The van der Waals surface area contributed by atoms with Crippen molar-refractivity contribution in [2.75, 3.05) is 10.5 Å². The largest absolute Gasteiger partial charge is 0.399 e. The molecule has 0 aliphatic carbocycles. The molecule has 2 aromatic rings. The predicted molar refractivity (Wildman–Crippen MR) is 81.7 cm³/mol. The monoisotopic (exact) mass is 374 g/mol. The van der Waals surface area contributed by atoms with Gasteiger partial charge < -0.3 is 10.8 Å². The van der Waals surface area contributed by atoms with Crippen LogP contribution in [0.4, 0.5) is 15.8 Å². The summed E-state index contributed by atoms with van der Waals surface area (Å²) in [7, 11) is -4.11. The fourth-order valence-electron chi connectivity index (χ4n) is 1.67. The van der Waals surface area contributed by atoms with E-state index in [4.69, 9.17) is 10.8 Å². The van der Waals surface area contributed by atoms with Crippen LogP contribution in [0.2, 0.25) is 0 Å². The van der Waals surface area contributed by atoms with E-state index in [1.807, 2.05) is 0 Å². The highest BCUT2D eigenvalue weighted by Gasteiger charge is 2.21. The van der Waals surface area contributed by atoms with Gasteiger partial charge in [0.05, 0.1) is 11.1 Å². The number of aliphatic hydroxyl groups is 1. The van der Waals surface area contributed by atoms with Crippen LogP contribution in [0.5, 0.6) is 0 Å². The van der Waals surface area contributed by atoms with Crippen molar-refractivity contribution in [1.29, 1.82) is 0 Å². The van der Waals surface area contributed by atoms with Crippen LogP contribution < -0.4 is 10.5 Å². The summed E-state index contributed by atoms with van der Waals surface area (Å²) in [5, 5.41) is 8.93. The Labute approximate surface area is 129 Å². The Morgan fingerprint density at radius 2 is 1.86 bits per heavy atom. The highest BCUT2D eigenvalue weighted by molar-refractivity contribution is 9.10. The third-order valence-corrected chi connectivity index (χ3v) is 4.65. The molecule has 0 heterocycles. The molecule has 0 aliphatic heterocycles. The molecule has 5 nitrogen and oxygen atoms in total. The number of nitrogen functional groups attached to an aromatic ring is 1. The van der Waals surface area contributed by atoms with Crippen molar-refractivity contribution < 1.29 is 17.9 Å². The lowest BCUT2D eigenvalue weighted by Crippen LogP contribution is -2.15. The Hall–Kier alpha value is -1.64. The molecule has 2 aromatic carbocycles. The average Bonchev–Trinajstić information content (AvgIpc) is 2.43. The first-order valence-corrected chi connectivity index (χ1v) is 8.08. The Kier molecular flexibility index (Phi) is 4.50. The Morgan fingerprint density at radius 1 is 1.24 bits per heavy atom. The lowest BCUT2D eigenvalue weighted by Gasteiger charge is -2.11. The molecule has 0 atom stereocenters. The third-order valence-electron chi connectivity index (χ3n) is 2.70. The quantitative estimate of drug-likeness (QED) is 0.716. The van der Waals surface area contributed by atoms with Crippen LogP contribution in [0.3, 0.4) is 0 Å². The molecule has 0 saturated heterocycles. The lowest BCUT2D eigenvalue weighted by molar-refractivity contribution is 0.282. The summed E-state index contributed by atoms with van der Waals surface area (Å²) < 4.78 is 40.6. The van der Waals surface area contributed by atoms with Crippen molar-refractivity contribution in [3.63, 3.8) is 0 Å². The van der Waals surface area contributed by atoms with Gasteiger partial charge in [0.2, 0.25) is 0 Å². The molecule has 0 spiro atoms. The number of anilines is 2. The van der Waals surface area contributed by atoms with Crippen molar-refractivity contribution in [1.82, 2.24) is 0 Å². The van der Waals surface area contributed by atoms with E-state index in [-0.39, 0.29) is 22.5 Å².